The summed E-state index contributed by atoms with van der Waals surface area (Å²) in [6.07, 6.45) is 18.5. The molecule has 0 bridgehead atoms. The summed E-state index contributed by atoms with van der Waals surface area (Å²) in [5, 5.41) is 2.60. The molecule has 6 aromatic rings. The van der Waals surface area contributed by atoms with E-state index < -0.39 is 0 Å². The van der Waals surface area contributed by atoms with Crippen molar-refractivity contribution in [2.24, 2.45) is 0 Å². The minimum atomic E-state index is -0.122. The maximum atomic E-state index is 2.51. The molecule has 2 aromatic heterocycles. The number of hydrogen-bond acceptors (Lipinski definition) is 0. The second kappa shape index (κ2) is 16.5. The molecule has 2 nitrogen and oxygen atoms in total. The van der Waals surface area contributed by atoms with Crippen molar-refractivity contribution < 1.29 is 0 Å². The van der Waals surface area contributed by atoms with Crippen LogP contribution in [0.15, 0.2) is 103 Å². The van der Waals surface area contributed by atoms with Crippen molar-refractivity contribution >= 4 is 40.0 Å². The molecule has 4 aromatic carbocycles. The minimum Gasteiger partial charge on any atom is -0.310 e. The highest BCUT2D eigenvalue weighted by atomic mass is 15.0. The van der Waals surface area contributed by atoms with Gasteiger partial charge in [-0.2, -0.15) is 0 Å². The number of nitrogens with zero attached hydrogens (tertiary/aromatic N) is 2. The summed E-state index contributed by atoms with van der Waals surface area (Å²) in [4.78, 5) is 0. The third-order valence-corrected chi connectivity index (χ3v) is 10.0. The third-order valence-electron chi connectivity index (χ3n) is 10.0. The van der Waals surface area contributed by atoms with Crippen molar-refractivity contribution in [2.45, 2.75) is 100 Å². The lowest BCUT2D eigenvalue weighted by atomic mass is 9.82. The van der Waals surface area contributed by atoms with Gasteiger partial charge in [-0.3, -0.25) is 0 Å². The molecule has 0 aliphatic heterocycles. The Bertz CT molecular complexity index is 2160. The molecule has 0 radical (unpaired) electrons. The van der Waals surface area contributed by atoms with Crippen LogP contribution in [0.4, 0.5) is 0 Å². The van der Waals surface area contributed by atoms with Crippen molar-refractivity contribution in [3.8, 4) is 22.5 Å². The molecular formula is C49H58N2. The maximum Gasteiger partial charge on any atom is 0.0541 e. The summed E-state index contributed by atoms with van der Waals surface area (Å²) in [6, 6.07) is 31.8. The Labute approximate surface area is 307 Å². The van der Waals surface area contributed by atoms with Gasteiger partial charge in [-0.1, -0.05) is 142 Å². The van der Waals surface area contributed by atoms with Gasteiger partial charge in [0.15, 0.2) is 0 Å². The summed E-state index contributed by atoms with van der Waals surface area (Å²) in [5.41, 5.74) is 15.9. The van der Waals surface area contributed by atoms with Crippen LogP contribution >= 0.6 is 0 Å². The first kappa shape index (κ1) is 37.4. The SMILES string of the molecule is CC.CC.CC.CC.CC1(C)c2cc(-n3c4c(c5c3/C=C\CC/C=C\5)CCC=C4)ccc2-c2ccc(-n3c4ccccc4c4ccccc43)cc21. The topological polar surface area (TPSA) is 9.86 Å². The number of allylic oxidation sites excluding steroid dienone is 3. The maximum absolute atomic E-state index is 2.51. The second-order valence-corrected chi connectivity index (χ2v) is 12.8. The predicted molar refractivity (Wildman–Crippen MR) is 228 cm³/mol. The van der Waals surface area contributed by atoms with Crippen LogP contribution in [0, 0.1) is 0 Å². The molecule has 0 unspecified atom stereocenters. The van der Waals surface area contributed by atoms with E-state index in [0.717, 1.165) is 25.7 Å². The van der Waals surface area contributed by atoms with Gasteiger partial charge in [0.05, 0.1) is 16.7 Å². The first-order valence-electron chi connectivity index (χ1n) is 19.7. The van der Waals surface area contributed by atoms with Crippen LogP contribution in [0.25, 0.3) is 62.5 Å². The van der Waals surface area contributed by atoms with Gasteiger partial charge >= 0.3 is 0 Å². The van der Waals surface area contributed by atoms with Gasteiger partial charge in [-0.15, -0.1) is 0 Å². The molecular weight excluding hydrogens is 617 g/mol. The molecule has 51 heavy (non-hydrogen) atoms. The number of aromatic nitrogens is 2. The van der Waals surface area contributed by atoms with Crippen molar-refractivity contribution in [3.63, 3.8) is 0 Å². The first-order chi connectivity index (χ1) is 25.1. The highest BCUT2D eigenvalue weighted by Crippen LogP contribution is 2.50. The van der Waals surface area contributed by atoms with E-state index in [0.29, 0.717) is 0 Å². The van der Waals surface area contributed by atoms with Gasteiger partial charge in [0.25, 0.3) is 0 Å². The van der Waals surface area contributed by atoms with E-state index in [1.165, 1.54) is 77.9 Å². The van der Waals surface area contributed by atoms with E-state index in [9.17, 15) is 0 Å². The minimum absolute atomic E-state index is 0.122. The summed E-state index contributed by atoms with van der Waals surface area (Å²) >= 11 is 0. The van der Waals surface area contributed by atoms with Crippen LogP contribution < -0.4 is 0 Å². The molecule has 0 spiro atoms. The number of hydrogen-bond donors (Lipinski definition) is 0. The van der Waals surface area contributed by atoms with E-state index in [4.69, 9.17) is 0 Å². The summed E-state index contributed by atoms with van der Waals surface area (Å²) in [7, 11) is 0. The molecule has 3 aliphatic rings. The van der Waals surface area contributed by atoms with Crippen molar-refractivity contribution in [2.75, 3.05) is 0 Å². The highest BCUT2D eigenvalue weighted by molar-refractivity contribution is 6.09. The van der Waals surface area contributed by atoms with Crippen LogP contribution in [0.5, 0.6) is 0 Å². The Morgan fingerprint density at radius 1 is 0.490 bits per heavy atom. The number of benzene rings is 4. The van der Waals surface area contributed by atoms with Crippen LogP contribution in [-0.4, -0.2) is 9.13 Å². The fourth-order valence-electron chi connectivity index (χ4n) is 7.95. The zero-order valence-corrected chi connectivity index (χ0v) is 32.8. The van der Waals surface area contributed by atoms with Crippen LogP contribution in [0.2, 0.25) is 0 Å². The number of para-hydroxylation sites is 2. The Morgan fingerprint density at radius 3 is 1.53 bits per heavy atom. The molecule has 0 saturated carbocycles. The molecule has 0 N–H and O–H groups in total. The smallest absolute Gasteiger partial charge is 0.0541 e. The van der Waals surface area contributed by atoms with Gasteiger partial charge in [-0.25, -0.2) is 0 Å². The largest absolute Gasteiger partial charge is 0.310 e. The van der Waals surface area contributed by atoms with Crippen LogP contribution in [0.1, 0.15) is 122 Å². The fraction of sp³-hybridized carbons (Fsp3) is 0.306. The molecule has 2 heterocycles. The second-order valence-electron chi connectivity index (χ2n) is 12.8. The van der Waals surface area contributed by atoms with Gasteiger partial charge < -0.3 is 9.13 Å². The normalized spacial score (nSPS) is 15.3. The lowest BCUT2D eigenvalue weighted by Crippen LogP contribution is -2.16. The van der Waals surface area contributed by atoms with Gasteiger partial charge in [0.1, 0.15) is 0 Å². The molecule has 2 heteroatoms. The highest BCUT2D eigenvalue weighted by Gasteiger charge is 2.36. The lowest BCUT2D eigenvalue weighted by molar-refractivity contribution is 0.659. The fourth-order valence-corrected chi connectivity index (χ4v) is 7.95. The number of rotatable bonds is 2. The zero-order chi connectivity index (χ0) is 36.7. The average molecular weight is 675 g/mol. The average Bonchev–Trinajstić information content (AvgIpc) is 3.77. The number of fused-ring (bicyclic) bond motifs is 9. The van der Waals surface area contributed by atoms with E-state index in [1.807, 2.05) is 55.4 Å². The van der Waals surface area contributed by atoms with Gasteiger partial charge in [0, 0.05) is 38.8 Å². The first-order valence-corrected chi connectivity index (χ1v) is 19.7. The zero-order valence-electron chi connectivity index (χ0n) is 32.8. The quantitative estimate of drug-likeness (QED) is 0.173. The third kappa shape index (κ3) is 6.35. The monoisotopic (exact) mass is 674 g/mol. The Kier molecular flexibility index (Phi) is 12.1. The summed E-state index contributed by atoms with van der Waals surface area (Å²) in [5.74, 6) is 0. The summed E-state index contributed by atoms with van der Waals surface area (Å²) in [6.45, 7) is 20.8. The van der Waals surface area contributed by atoms with E-state index in [2.05, 4.69) is 144 Å². The van der Waals surface area contributed by atoms with Crippen molar-refractivity contribution in [1.29, 1.82) is 0 Å². The van der Waals surface area contributed by atoms with E-state index in [-0.39, 0.29) is 5.41 Å². The molecule has 9 rings (SSSR count). The molecule has 0 fully saturated rings. The van der Waals surface area contributed by atoms with Gasteiger partial charge in [0.2, 0.25) is 0 Å². The Hall–Kier alpha value is -4.82. The predicted octanol–water partition coefficient (Wildman–Crippen LogP) is 14.8. The van der Waals surface area contributed by atoms with Gasteiger partial charge in [-0.05, 0) is 102 Å². The Balaban J connectivity index is 0.000000592. The van der Waals surface area contributed by atoms with E-state index >= 15 is 0 Å². The van der Waals surface area contributed by atoms with E-state index in [1.54, 1.807) is 0 Å². The van der Waals surface area contributed by atoms with Crippen molar-refractivity contribution in [1.82, 2.24) is 9.13 Å². The molecule has 264 valence electrons. The van der Waals surface area contributed by atoms with Crippen LogP contribution in [0.3, 0.4) is 0 Å². The molecule has 0 amide bonds. The lowest BCUT2D eigenvalue weighted by Gasteiger charge is -2.23. The standard InChI is InChI=1S/C41H34N2.4C2H6/c1-41(2)35-25-27(42-37-17-6-4-3-5-13-31(37)32-14-7-10-18-38(32)42)21-23-29(35)30-24-22-28(26-36(30)41)43-39-19-11-8-15-33(39)34-16-9-12-20-40(34)43;4*1-2/h5-6,8-13,15-26H,3-4,7,14H2,1-2H3;4*1-2H3/b13-5-,17-6-;;;;. The summed E-state index contributed by atoms with van der Waals surface area (Å²) < 4.78 is 4.95. The molecule has 0 atom stereocenters. The molecule has 3 aliphatic carbocycles. The Morgan fingerprint density at radius 2 is 0.961 bits per heavy atom. The van der Waals surface area contributed by atoms with Crippen LogP contribution in [-0.2, 0) is 11.8 Å². The molecule has 0 saturated heterocycles. The van der Waals surface area contributed by atoms with Crippen molar-refractivity contribution in [3.05, 3.63) is 137 Å².